The van der Waals surface area contributed by atoms with Crippen LogP contribution >= 0.6 is 0 Å². The predicted octanol–water partition coefficient (Wildman–Crippen LogP) is 5.55. The fraction of sp³-hybridized carbons (Fsp3) is 0.263. The summed E-state index contributed by atoms with van der Waals surface area (Å²) in [5.74, 6) is -0.184. The van der Waals surface area contributed by atoms with Crippen LogP contribution in [0.5, 0.6) is 0 Å². The molecule has 0 saturated heterocycles. The molecule has 118 valence electrons. The summed E-state index contributed by atoms with van der Waals surface area (Å²) in [5, 5.41) is 12.3. The molecule has 0 fully saturated rings. The molecule has 4 nitrogen and oxygen atoms in total. The first-order valence-electron chi connectivity index (χ1n) is 7.56. The lowest BCUT2D eigenvalue weighted by Crippen LogP contribution is -1.90. The highest BCUT2D eigenvalue weighted by Gasteiger charge is 2.27. The zero-order chi connectivity index (χ0) is 16.9. The molecule has 23 heavy (non-hydrogen) atoms. The highest BCUT2D eigenvalue weighted by molar-refractivity contribution is 6.00. The maximum absolute atomic E-state index is 11.5. The minimum absolute atomic E-state index is 0.184. The van der Waals surface area contributed by atoms with Gasteiger partial charge in [-0.2, -0.15) is 0 Å². The summed E-state index contributed by atoms with van der Waals surface area (Å²) in [4.78, 5) is 11.1. The summed E-state index contributed by atoms with van der Waals surface area (Å²) in [6, 6.07) is 7.88. The van der Waals surface area contributed by atoms with Crippen LogP contribution in [0, 0.1) is 44.7 Å². The minimum atomic E-state index is -0.436. The third-order valence-corrected chi connectivity index (χ3v) is 4.74. The van der Waals surface area contributed by atoms with Crippen LogP contribution in [0.3, 0.4) is 0 Å². The van der Waals surface area contributed by atoms with Gasteiger partial charge in [-0.05, 0) is 74.1 Å². The van der Waals surface area contributed by atoms with Crippen LogP contribution in [0.25, 0.3) is 22.1 Å². The molecule has 1 aromatic heterocycles. The van der Waals surface area contributed by atoms with E-state index in [0.29, 0.717) is 11.1 Å². The van der Waals surface area contributed by atoms with Crippen molar-refractivity contribution in [3.63, 3.8) is 0 Å². The Morgan fingerprint density at radius 3 is 2.22 bits per heavy atom. The molecule has 0 amide bonds. The Morgan fingerprint density at radius 2 is 1.61 bits per heavy atom. The van der Waals surface area contributed by atoms with E-state index in [0.717, 1.165) is 38.8 Å². The van der Waals surface area contributed by atoms with Gasteiger partial charge in [0.1, 0.15) is 16.1 Å². The van der Waals surface area contributed by atoms with E-state index in [9.17, 15) is 10.1 Å². The van der Waals surface area contributed by atoms with Crippen molar-refractivity contribution in [1.82, 2.24) is 0 Å². The third-order valence-electron chi connectivity index (χ3n) is 4.74. The summed E-state index contributed by atoms with van der Waals surface area (Å²) in [5.41, 5.74) is 7.43. The van der Waals surface area contributed by atoms with Crippen molar-refractivity contribution < 1.29 is 9.34 Å². The van der Waals surface area contributed by atoms with Gasteiger partial charge in [0.15, 0.2) is 0 Å². The molecule has 0 bridgehead atoms. The summed E-state index contributed by atoms with van der Waals surface area (Å²) >= 11 is 0. The number of furan rings is 1. The number of nitro groups is 1. The minimum Gasteiger partial charge on any atom is -0.400 e. The highest BCUT2D eigenvalue weighted by Crippen LogP contribution is 2.42. The Morgan fingerprint density at radius 1 is 0.913 bits per heavy atom. The molecular formula is C19H19NO3. The van der Waals surface area contributed by atoms with Crippen LogP contribution in [0.1, 0.15) is 27.8 Å². The lowest BCUT2D eigenvalue weighted by atomic mass is 9.95. The van der Waals surface area contributed by atoms with Crippen molar-refractivity contribution in [3.05, 3.63) is 62.2 Å². The molecule has 4 heteroatoms. The normalized spacial score (nSPS) is 11.2. The van der Waals surface area contributed by atoms with E-state index in [1.165, 1.54) is 0 Å². The predicted molar refractivity (Wildman–Crippen MR) is 92.0 cm³/mol. The van der Waals surface area contributed by atoms with Crippen molar-refractivity contribution in [2.75, 3.05) is 0 Å². The number of hydrogen-bond acceptors (Lipinski definition) is 3. The third kappa shape index (κ3) is 2.31. The van der Waals surface area contributed by atoms with Crippen molar-refractivity contribution >= 4 is 16.9 Å². The van der Waals surface area contributed by atoms with E-state index in [2.05, 4.69) is 0 Å². The molecule has 0 saturated carbocycles. The van der Waals surface area contributed by atoms with Crippen molar-refractivity contribution in [2.45, 2.75) is 34.6 Å². The number of hydrogen-bond donors (Lipinski definition) is 0. The van der Waals surface area contributed by atoms with Crippen LogP contribution in [0.4, 0.5) is 5.88 Å². The van der Waals surface area contributed by atoms with Gasteiger partial charge in [-0.25, -0.2) is 0 Å². The first-order valence-corrected chi connectivity index (χ1v) is 7.56. The van der Waals surface area contributed by atoms with Crippen LogP contribution < -0.4 is 0 Å². The van der Waals surface area contributed by atoms with Gasteiger partial charge in [-0.1, -0.05) is 18.2 Å². The average Bonchev–Trinajstić information content (AvgIpc) is 2.87. The van der Waals surface area contributed by atoms with E-state index in [1.807, 2.05) is 58.9 Å². The first-order chi connectivity index (χ1) is 10.8. The van der Waals surface area contributed by atoms with E-state index in [4.69, 9.17) is 4.42 Å². The number of fused-ring (bicyclic) bond motifs is 1. The second-order valence-corrected chi connectivity index (χ2v) is 6.16. The smallest absolute Gasteiger partial charge is 0.400 e. The van der Waals surface area contributed by atoms with Gasteiger partial charge >= 0.3 is 5.88 Å². The van der Waals surface area contributed by atoms with Gasteiger partial charge in [0.2, 0.25) is 0 Å². The lowest BCUT2D eigenvalue weighted by Gasteiger charge is -2.06. The molecule has 0 aliphatic heterocycles. The second-order valence-electron chi connectivity index (χ2n) is 6.16. The fourth-order valence-electron chi connectivity index (χ4n) is 2.94. The topological polar surface area (TPSA) is 56.3 Å². The number of rotatable bonds is 2. The number of aryl methyl sites for hydroxylation is 4. The Labute approximate surface area is 134 Å². The molecule has 1 heterocycles. The summed E-state index contributed by atoms with van der Waals surface area (Å²) < 4.78 is 5.65. The van der Waals surface area contributed by atoms with Crippen LogP contribution in [-0.2, 0) is 0 Å². The molecule has 3 aromatic rings. The Bertz CT molecular complexity index is 951. The van der Waals surface area contributed by atoms with Gasteiger partial charge in [-0.15, -0.1) is 0 Å². The van der Waals surface area contributed by atoms with Crippen molar-refractivity contribution in [1.29, 1.82) is 0 Å². The first kappa shape index (κ1) is 15.3. The van der Waals surface area contributed by atoms with Gasteiger partial charge in [0.05, 0.1) is 0 Å². The zero-order valence-corrected chi connectivity index (χ0v) is 14.0. The number of nitrogens with zero attached hydrogens (tertiary/aromatic N) is 1. The number of benzene rings is 2. The largest absolute Gasteiger partial charge is 0.442 e. The molecular weight excluding hydrogens is 290 g/mol. The quantitative estimate of drug-likeness (QED) is 0.460. The maximum Gasteiger partial charge on any atom is 0.442 e. The summed E-state index contributed by atoms with van der Waals surface area (Å²) in [6.45, 7) is 10.0. The monoisotopic (exact) mass is 309 g/mol. The maximum atomic E-state index is 11.5. The second kappa shape index (κ2) is 5.23. The molecule has 0 aliphatic carbocycles. The molecule has 0 unspecified atom stereocenters. The van der Waals surface area contributed by atoms with E-state index in [1.54, 1.807) is 0 Å². The Hall–Kier alpha value is -2.62. The lowest BCUT2D eigenvalue weighted by molar-refractivity contribution is -0.400. The van der Waals surface area contributed by atoms with E-state index >= 15 is 0 Å². The summed E-state index contributed by atoms with van der Waals surface area (Å²) in [6.07, 6.45) is 0. The zero-order valence-electron chi connectivity index (χ0n) is 14.0. The van der Waals surface area contributed by atoms with Gasteiger partial charge in [-0.3, -0.25) is 10.1 Å². The molecule has 0 aliphatic rings. The summed E-state index contributed by atoms with van der Waals surface area (Å²) in [7, 11) is 0. The molecule has 0 atom stereocenters. The molecule has 0 spiro atoms. The molecule has 2 aromatic carbocycles. The van der Waals surface area contributed by atoms with Crippen molar-refractivity contribution in [2.24, 2.45) is 0 Å². The van der Waals surface area contributed by atoms with Gasteiger partial charge in [0.25, 0.3) is 0 Å². The van der Waals surface area contributed by atoms with Gasteiger partial charge in [0, 0.05) is 5.39 Å². The van der Waals surface area contributed by atoms with Crippen LogP contribution in [0.15, 0.2) is 28.7 Å². The standard InChI is InChI=1S/C19H19NO3/c1-10-6-7-15(8-11(10)2)17-16-9-12(3)13(4)14(5)18(16)23-19(17)20(21)22/h6-9H,1-5H3. The van der Waals surface area contributed by atoms with Crippen molar-refractivity contribution in [3.8, 4) is 11.1 Å². The fourth-order valence-corrected chi connectivity index (χ4v) is 2.94. The SMILES string of the molecule is Cc1ccc(-c2c([N+](=O)[O-])oc3c(C)c(C)c(C)cc23)cc1C. The molecule has 0 radical (unpaired) electrons. The Kier molecular flexibility index (Phi) is 3.48. The Balaban J connectivity index is 2.44. The van der Waals surface area contributed by atoms with E-state index < -0.39 is 4.92 Å². The van der Waals surface area contributed by atoms with Gasteiger partial charge < -0.3 is 4.42 Å². The van der Waals surface area contributed by atoms with E-state index in [-0.39, 0.29) is 5.88 Å². The van der Waals surface area contributed by atoms with Crippen LogP contribution in [0.2, 0.25) is 0 Å². The molecule has 0 N–H and O–H groups in total. The molecule has 3 rings (SSSR count). The van der Waals surface area contributed by atoms with Crippen LogP contribution in [-0.4, -0.2) is 4.92 Å². The average molecular weight is 309 g/mol. The highest BCUT2D eigenvalue weighted by atomic mass is 16.6.